The van der Waals surface area contributed by atoms with E-state index in [2.05, 4.69) is 18.7 Å². The topological polar surface area (TPSA) is 83.7 Å². The van der Waals surface area contributed by atoms with Gasteiger partial charge in [-0.1, -0.05) is 13.8 Å². The van der Waals surface area contributed by atoms with Gasteiger partial charge in [0.15, 0.2) is 0 Å². The molecule has 0 radical (unpaired) electrons. The van der Waals surface area contributed by atoms with Crippen molar-refractivity contribution >= 4 is 15.7 Å². The first-order chi connectivity index (χ1) is 9.69. The first kappa shape index (κ1) is 18.4. The SMILES string of the molecule is CC(C)CCN1CCN(C(=O)C(N)CCS(C)(=O)=O)CC1. The lowest BCUT2D eigenvalue weighted by Crippen LogP contribution is -2.53. The van der Waals surface area contributed by atoms with E-state index >= 15 is 0 Å². The Balaban J connectivity index is 2.34. The van der Waals surface area contributed by atoms with Crippen molar-refractivity contribution in [3.8, 4) is 0 Å². The molecule has 1 rings (SSSR count). The lowest BCUT2D eigenvalue weighted by molar-refractivity contribution is -0.134. The highest BCUT2D eigenvalue weighted by molar-refractivity contribution is 7.90. The molecule has 1 aliphatic heterocycles. The molecule has 0 aromatic carbocycles. The van der Waals surface area contributed by atoms with E-state index in [0.29, 0.717) is 19.0 Å². The summed E-state index contributed by atoms with van der Waals surface area (Å²) in [6.07, 6.45) is 2.53. The first-order valence-corrected chi connectivity index (χ1v) is 9.69. The number of hydrogen-bond donors (Lipinski definition) is 1. The van der Waals surface area contributed by atoms with Crippen LogP contribution in [0.2, 0.25) is 0 Å². The van der Waals surface area contributed by atoms with E-state index in [1.807, 2.05) is 0 Å². The van der Waals surface area contributed by atoms with Crippen LogP contribution in [-0.2, 0) is 14.6 Å². The van der Waals surface area contributed by atoms with Crippen LogP contribution in [-0.4, -0.2) is 74.9 Å². The third-order valence-electron chi connectivity index (χ3n) is 3.82. The van der Waals surface area contributed by atoms with Crippen molar-refractivity contribution in [3.05, 3.63) is 0 Å². The molecular weight excluding hydrogens is 290 g/mol. The molecule has 1 amide bonds. The van der Waals surface area contributed by atoms with Crippen molar-refractivity contribution in [1.29, 1.82) is 0 Å². The van der Waals surface area contributed by atoms with E-state index in [1.165, 1.54) is 6.42 Å². The largest absolute Gasteiger partial charge is 0.339 e. The highest BCUT2D eigenvalue weighted by atomic mass is 32.2. The summed E-state index contributed by atoms with van der Waals surface area (Å²) in [7, 11) is -3.07. The highest BCUT2D eigenvalue weighted by Gasteiger charge is 2.25. The van der Waals surface area contributed by atoms with Crippen LogP contribution in [0.3, 0.4) is 0 Å². The minimum atomic E-state index is -3.07. The molecule has 0 aromatic heterocycles. The monoisotopic (exact) mass is 319 g/mol. The van der Waals surface area contributed by atoms with Gasteiger partial charge in [0.2, 0.25) is 5.91 Å². The van der Waals surface area contributed by atoms with Gasteiger partial charge in [0.05, 0.1) is 11.8 Å². The van der Waals surface area contributed by atoms with Crippen molar-refractivity contribution < 1.29 is 13.2 Å². The first-order valence-electron chi connectivity index (χ1n) is 7.63. The molecule has 2 N–H and O–H groups in total. The van der Waals surface area contributed by atoms with Gasteiger partial charge in [0.25, 0.3) is 0 Å². The summed E-state index contributed by atoms with van der Waals surface area (Å²) in [4.78, 5) is 16.3. The van der Waals surface area contributed by atoms with Gasteiger partial charge in [0.1, 0.15) is 9.84 Å². The molecule has 124 valence electrons. The Morgan fingerprint density at radius 1 is 1.14 bits per heavy atom. The van der Waals surface area contributed by atoms with Crippen molar-refractivity contribution in [1.82, 2.24) is 9.80 Å². The maximum Gasteiger partial charge on any atom is 0.239 e. The molecule has 0 bridgehead atoms. The van der Waals surface area contributed by atoms with Crippen LogP contribution in [0, 0.1) is 5.92 Å². The van der Waals surface area contributed by atoms with Crippen molar-refractivity contribution in [2.45, 2.75) is 32.7 Å². The molecular formula is C14H29N3O3S. The summed E-state index contributed by atoms with van der Waals surface area (Å²) in [6, 6.07) is -0.707. The molecule has 1 heterocycles. The molecule has 0 aromatic rings. The molecule has 1 unspecified atom stereocenters. The summed E-state index contributed by atoms with van der Waals surface area (Å²) in [5.74, 6) is 0.532. The lowest BCUT2D eigenvalue weighted by Gasteiger charge is -2.36. The Hall–Kier alpha value is -0.660. The number of hydrogen-bond acceptors (Lipinski definition) is 5. The van der Waals surface area contributed by atoms with Gasteiger partial charge in [-0.05, 0) is 25.3 Å². The molecule has 1 aliphatic rings. The fourth-order valence-electron chi connectivity index (χ4n) is 2.33. The Morgan fingerprint density at radius 2 is 1.71 bits per heavy atom. The Morgan fingerprint density at radius 3 is 2.19 bits per heavy atom. The van der Waals surface area contributed by atoms with Gasteiger partial charge in [-0.3, -0.25) is 9.69 Å². The van der Waals surface area contributed by atoms with Crippen LogP contribution >= 0.6 is 0 Å². The molecule has 0 saturated carbocycles. The molecule has 1 atom stereocenters. The fraction of sp³-hybridized carbons (Fsp3) is 0.929. The maximum absolute atomic E-state index is 12.2. The number of carbonyl (C=O) groups is 1. The summed E-state index contributed by atoms with van der Waals surface area (Å²) in [5, 5.41) is 0. The Bertz CT molecular complexity index is 429. The van der Waals surface area contributed by atoms with Crippen LogP contribution in [0.5, 0.6) is 0 Å². The summed E-state index contributed by atoms with van der Waals surface area (Å²) in [6.45, 7) is 8.60. The van der Waals surface area contributed by atoms with E-state index < -0.39 is 15.9 Å². The second-order valence-corrected chi connectivity index (χ2v) is 8.63. The molecule has 7 heteroatoms. The third kappa shape index (κ3) is 7.24. The molecule has 0 aliphatic carbocycles. The number of nitrogens with two attached hydrogens (primary N) is 1. The molecule has 1 saturated heterocycles. The Labute approximate surface area is 128 Å². The number of nitrogens with zero attached hydrogens (tertiary/aromatic N) is 2. The van der Waals surface area contributed by atoms with Gasteiger partial charge in [0, 0.05) is 32.4 Å². The predicted octanol–water partition coefficient (Wildman–Crippen LogP) is -0.0613. The van der Waals surface area contributed by atoms with Gasteiger partial charge >= 0.3 is 0 Å². The van der Waals surface area contributed by atoms with E-state index in [4.69, 9.17) is 5.73 Å². The van der Waals surface area contributed by atoms with Gasteiger partial charge in [-0.15, -0.1) is 0 Å². The number of amides is 1. The fourth-order valence-corrected chi connectivity index (χ4v) is 3.01. The predicted molar refractivity (Wildman–Crippen MR) is 84.8 cm³/mol. The van der Waals surface area contributed by atoms with E-state index in [0.717, 1.165) is 25.9 Å². The van der Waals surface area contributed by atoms with E-state index in [1.54, 1.807) is 4.90 Å². The smallest absolute Gasteiger partial charge is 0.239 e. The minimum Gasteiger partial charge on any atom is -0.339 e. The summed E-state index contributed by atoms with van der Waals surface area (Å²) in [5.41, 5.74) is 5.82. The van der Waals surface area contributed by atoms with Crippen molar-refractivity contribution in [3.63, 3.8) is 0 Å². The van der Waals surface area contributed by atoms with Crippen LogP contribution in [0.15, 0.2) is 0 Å². The quantitative estimate of drug-likeness (QED) is 0.711. The van der Waals surface area contributed by atoms with Gasteiger partial charge in [-0.25, -0.2) is 8.42 Å². The van der Waals surface area contributed by atoms with Crippen molar-refractivity contribution in [2.75, 3.05) is 44.7 Å². The zero-order valence-corrected chi connectivity index (χ0v) is 14.2. The zero-order valence-electron chi connectivity index (χ0n) is 13.4. The molecule has 6 nitrogen and oxygen atoms in total. The molecule has 1 fully saturated rings. The maximum atomic E-state index is 12.2. The van der Waals surface area contributed by atoms with Crippen LogP contribution in [0.1, 0.15) is 26.7 Å². The van der Waals surface area contributed by atoms with Gasteiger partial charge < -0.3 is 10.6 Å². The van der Waals surface area contributed by atoms with E-state index in [9.17, 15) is 13.2 Å². The molecule has 0 spiro atoms. The van der Waals surface area contributed by atoms with Crippen LogP contribution < -0.4 is 5.73 Å². The number of piperazine rings is 1. The second-order valence-electron chi connectivity index (χ2n) is 6.37. The summed E-state index contributed by atoms with van der Waals surface area (Å²) < 4.78 is 22.2. The second kappa shape index (κ2) is 8.10. The summed E-state index contributed by atoms with van der Waals surface area (Å²) >= 11 is 0. The minimum absolute atomic E-state index is 0.0335. The van der Waals surface area contributed by atoms with Crippen LogP contribution in [0.4, 0.5) is 0 Å². The zero-order chi connectivity index (χ0) is 16.0. The normalized spacial score (nSPS) is 19.0. The standard InChI is InChI=1S/C14H29N3O3S/c1-12(2)4-6-16-7-9-17(10-8-16)14(18)13(15)5-11-21(3,19)20/h12-13H,4-11,15H2,1-3H3. The molecule has 21 heavy (non-hydrogen) atoms. The van der Waals surface area contributed by atoms with Crippen molar-refractivity contribution in [2.24, 2.45) is 11.7 Å². The number of rotatable bonds is 7. The lowest BCUT2D eigenvalue weighted by atomic mass is 10.1. The average molecular weight is 319 g/mol. The average Bonchev–Trinajstić information content (AvgIpc) is 2.41. The van der Waals surface area contributed by atoms with Crippen LogP contribution in [0.25, 0.3) is 0 Å². The van der Waals surface area contributed by atoms with E-state index in [-0.39, 0.29) is 18.1 Å². The third-order valence-corrected chi connectivity index (χ3v) is 4.80. The number of sulfone groups is 1. The number of carbonyl (C=O) groups excluding carboxylic acids is 1. The Kier molecular flexibility index (Phi) is 7.09. The van der Waals surface area contributed by atoms with Gasteiger partial charge in [-0.2, -0.15) is 0 Å². The highest BCUT2D eigenvalue weighted by Crippen LogP contribution is 2.08.